The van der Waals surface area contributed by atoms with E-state index in [0.29, 0.717) is 0 Å². The van der Waals surface area contributed by atoms with Crippen molar-refractivity contribution >= 4 is 0 Å². The van der Waals surface area contributed by atoms with E-state index in [9.17, 15) is 0 Å². The molecule has 1 fully saturated rings. The van der Waals surface area contributed by atoms with Crippen LogP contribution in [0.4, 0.5) is 0 Å². The molecule has 0 spiro atoms. The standard InChI is InChI=1S/C15H25N3/c1-15(12-16,10-13-4-3-5-13)18(2)11-14-6-8-17-9-7-14/h6-9,13H,3-5,10-12,16H2,1-2H3. The summed E-state index contributed by atoms with van der Waals surface area (Å²) in [5.74, 6) is 0.887. The van der Waals surface area contributed by atoms with E-state index >= 15 is 0 Å². The second kappa shape index (κ2) is 5.81. The van der Waals surface area contributed by atoms with Gasteiger partial charge in [0.15, 0.2) is 0 Å². The lowest BCUT2D eigenvalue weighted by Crippen LogP contribution is -2.51. The van der Waals surface area contributed by atoms with E-state index in [1.165, 1.54) is 31.2 Å². The lowest BCUT2D eigenvalue weighted by molar-refractivity contribution is 0.0856. The van der Waals surface area contributed by atoms with Gasteiger partial charge in [0.25, 0.3) is 0 Å². The molecule has 100 valence electrons. The SMILES string of the molecule is CN(Cc1ccncc1)C(C)(CN)CC1CCC1. The molecule has 2 N–H and O–H groups in total. The fraction of sp³-hybridized carbons (Fsp3) is 0.667. The summed E-state index contributed by atoms with van der Waals surface area (Å²) in [6.45, 7) is 3.97. The molecular weight excluding hydrogens is 222 g/mol. The first-order valence-corrected chi connectivity index (χ1v) is 6.94. The molecule has 0 saturated heterocycles. The predicted molar refractivity (Wildman–Crippen MR) is 75.1 cm³/mol. The first-order valence-electron chi connectivity index (χ1n) is 6.94. The van der Waals surface area contributed by atoms with Crippen molar-refractivity contribution in [1.82, 2.24) is 9.88 Å². The molecule has 3 heteroatoms. The monoisotopic (exact) mass is 247 g/mol. The van der Waals surface area contributed by atoms with Crippen molar-refractivity contribution in [3.05, 3.63) is 30.1 Å². The lowest BCUT2D eigenvalue weighted by Gasteiger charge is -2.42. The zero-order valence-electron chi connectivity index (χ0n) is 11.6. The molecule has 1 aromatic heterocycles. The Morgan fingerprint density at radius 2 is 2.06 bits per heavy atom. The smallest absolute Gasteiger partial charge is 0.0306 e. The third-order valence-corrected chi connectivity index (χ3v) is 4.48. The Balaban J connectivity index is 1.97. The summed E-state index contributed by atoms with van der Waals surface area (Å²) >= 11 is 0. The van der Waals surface area contributed by atoms with Crippen LogP contribution in [0.25, 0.3) is 0 Å². The molecule has 0 aliphatic heterocycles. The van der Waals surface area contributed by atoms with Gasteiger partial charge in [-0.3, -0.25) is 9.88 Å². The molecule has 18 heavy (non-hydrogen) atoms. The van der Waals surface area contributed by atoms with E-state index in [2.05, 4.69) is 36.0 Å². The number of nitrogens with zero attached hydrogens (tertiary/aromatic N) is 2. The second-order valence-corrected chi connectivity index (χ2v) is 5.91. The molecular formula is C15H25N3. The molecule has 1 atom stereocenters. The number of nitrogens with two attached hydrogens (primary N) is 1. The zero-order valence-corrected chi connectivity index (χ0v) is 11.6. The Morgan fingerprint density at radius 1 is 1.39 bits per heavy atom. The molecule has 0 bridgehead atoms. The fourth-order valence-corrected chi connectivity index (χ4v) is 2.67. The maximum absolute atomic E-state index is 6.03. The first kappa shape index (κ1) is 13.5. The highest BCUT2D eigenvalue weighted by Crippen LogP contribution is 2.35. The highest BCUT2D eigenvalue weighted by Gasteiger charge is 2.33. The van der Waals surface area contributed by atoms with Gasteiger partial charge in [-0.2, -0.15) is 0 Å². The third kappa shape index (κ3) is 3.09. The molecule has 1 aromatic rings. The number of hydrogen-bond donors (Lipinski definition) is 1. The van der Waals surface area contributed by atoms with Gasteiger partial charge < -0.3 is 5.73 Å². The van der Waals surface area contributed by atoms with E-state index in [0.717, 1.165) is 19.0 Å². The van der Waals surface area contributed by atoms with Gasteiger partial charge in [0.2, 0.25) is 0 Å². The molecule has 1 saturated carbocycles. The average molecular weight is 247 g/mol. The van der Waals surface area contributed by atoms with Crippen LogP contribution in [0.5, 0.6) is 0 Å². The second-order valence-electron chi connectivity index (χ2n) is 5.91. The number of likely N-dealkylation sites (N-methyl/N-ethyl adjacent to an activating group) is 1. The van der Waals surface area contributed by atoms with E-state index in [4.69, 9.17) is 5.73 Å². The van der Waals surface area contributed by atoms with Crippen molar-refractivity contribution in [2.45, 2.75) is 44.7 Å². The van der Waals surface area contributed by atoms with Gasteiger partial charge >= 0.3 is 0 Å². The minimum absolute atomic E-state index is 0.119. The van der Waals surface area contributed by atoms with Crippen LogP contribution in [-0.4, -0.2) is 29.0 Å². The van der Waals surface area contributed by atoms with E-state index in [-0.39, 0.29) is 5.54 Å². The molecule has 3 nitrogen and oxygen atoms in total. The molecule has 1 heterocycles. The summed E-state index contributed by atoms with van der Waals surface area (Å²) in [6, 6.07) is 4.16. The largest absolute Gasteiger partial charge is 0.329 e. The highest BCUT2D eigenvalue weighted by molar-refractivity contribution is 5.10. The van der Waals surface area contributed by atoms with E-state index in [1.807, 2.05) is 12.4 Å². The van der Waals surface area contributed by atoms with Crippen LogP contribution in [0.2, 0.25) is 0 Å². The molecule has 1 aliphatic carbocycles. The number of pyridine rings is 1. The lowest BCUT2D eigenvalue weighted by atomic mass is 9.76. The molecule has 1 unspecified atom stereocenters. The maximum Gasteiger partial charge on any atom is 0.0306 e. The predicted octanol–water partition coefficient (Wildman–Crippen LogP) is 2.42. The third-order valence-electron chi connectivity index (χ3n) is 4.48. The molecule has 0 radical (unpaired) electrons. The molecule has 0 amide bonds. The quantitative estimate of drug-likeness (QED) is 0.839. The summed E-state index contributed by atoms with van der Waals surface area (Å²) in [5.41, 5.74) is 7.46. The van der Waals surface area contributed by atoms with Crippen LogP contribution < -0.4 is 5.73 Å². The van der Waals surface area contributed by atoms with Crippen molar-refractivity contribution in [1.29, 1.82) is 0 Å². The van der Waals surface area contributed by atoms with Gasteiger partial charge in [0, 0.05) is 31.0 Å². The van der Waals surface area contributed by atoms with Crippen LogP contribution in [0.1, 0.15) is 38.2 Å². The van der Waals surface area contributed by atoms with Crippen LogP contribution in [-0.2, 0) is 6.54 Å². The van der Waals surface area contributed by atoms with Gasteiger partial charge in [-0.15, -0.1) is 0 Å². The Kier molecular flexibility index (Phi) is 4.36. The summed E-state index contributed by atoms with van der Waals surface area (Å²) in [6.07, 6.45) is 9.12. The molecule has 1 aliphatic rings. The van der Waals surface area contributed by atoms with Crippen LogP contribution >= 0.6 is 0 Å². The van der Waals surface area contributed by atoms with Gasteiger partial charge in [-0.1, -0.05) is 19.3 Å². The van der Waals surface area contributed by atoms with E-state index < -0.39 is 0 Å². The molecule has 0 aromatic carbocycles. The number of hydrogen-bond acceptors (Lipinski definition) is 3. The Hall–Kier alpha value is -0.930. The van der Waals surface area contributed by atoms with Crippen LogP contribution in [0, 0.1) is 5.92 Å². The zero-order chi connectivity index (χ0) is 13.0. The van der Waals surface area contributed by atoms with Gasteiger partial charge in [-0.25, -0.2) is 0 Å². The minimum Gasteiger partial charge on any atom is -0.329 e. The molecule has 2 rings (SSSR count). The summed E-state index contributed by atoms with van der Waals surface area (Å²) in [4.78, 5) is 6.47. The van der Waals surface area contributed by atoms with Crippen molar-refractivity contribution in [3.63, 3.8) is 0 Å². The fourth-order valence-electron chi connectivity index (χ4n) is 2.67. The van der Waals surface area contributed by atoms with Gasteiger partial charge in [0.05, 0.1) is 0 Å². The number of aromatic nitrogens is 1. The Labute approximate surface area is 110 Å². The summed E-state index contributed by atoms with van der Waals surface area (Å²) in [5, 5.41) is 0. The average Bonchev–Trinajstić information content (AvgIpc) is 2.35. The summed E-state index contributed by atoms with van der Waals surface area (Å²) < 4.78 is 0. The van der Waals surface area contributed by atoms with Crippen LogP contribution in [0.15, 0.2) is 24.5 Å². The van der Waals surface area contributed by atoms with Crippen molar-refractivity contribution in [2.75, 3.05) is 13.6 Å². The van der Waals surface area contributed by atoms with Gasteiger partial charge in [0.1, 0.15) is 0 Å². The topological polar surface area (TPSA) is 42.2 Å². The van der Waals surface area contributed by atoms with Crippen molar-refractivity contribution in [2.24, 2.45) is 11.7 Å². The van der Waals surface area contributed by atoms with E-state index in [1.54, 1.807) is 0 Å². The Morgan fingerprint density at radius 3 is 2.56 bits per heavy atom. The first-order chi connectivity index (χ1) is 8.64. The summed E-state index contributed by atoms with van der Waals surface area (Å²) in [7, 11) is 2.19. The maximum atomic E-state index is 6.03. The van der Waals surface area contributed by atoms with Crippen molar-refractivity contribution < 1.29 is 0 Å². The minimum atomic E-state index is 0.119. The Bertz CT molecular complexity index is 361. The number of rotatable bonds is 6. The van der Waals surface area contributed by atoms with Crippen molar-refractivity contribution in [3.8, 4) is 0 Å². The van der Waals surface area contributed by atoms with Crippen LogP contribution in [0.3, 0.4) is 0 Å². The van der Waals surface area contributed by atoms with Gasteiger partial charge in [-0.05, 0) is 44.0 Å². The highest BCUT2D eigenvalue weighted by atomic mass is 15.2. The normalized spacial score (nSPS) is 19.6.